The van der Waals surface area contributed by atoms with Gasteiger partial charge < -0.3 is 5.73 Å². The average Bonchev–Trinajstić information content (AvgIpc) is 2.83. The molecule has 0 aliphatic carbocycles. The molecule has 0 saturated heterocycles. The normalized spacial score (nSPS) is 12.5. The molecule has 21 heavy (non-hydrogen) atoms. The van der Waals surface area contributed by atoms with E-state index in [1.165, 1.54) is 23.6 Å². The fourth-order valence-corrected chi connectivity index (χ4v) is 3.67. The minimum Gasteiger partial charge on any atom is -0.398 e. The van der Waals surface area contributed by atoms with E-state index < -0.39 is 21.8 Å². The smallest absolute Gasteiger partial charge is 0.398 e. The molecule has 0 saturated carbocycles. The van der Waals surface area contributed by atoms with Gasteiger partial charge in [-0.15, -0.1) is 11.3 Å². The van der Waals surface area contributed by atoms with Crippen LogP contribution in [-0.2, 0) is 22.7 Å². The van der Waals surface area contributed by atoms with Crippen molar-refractivity contribution in [2.45, 2.75) is 16.9 Å². The van der Waals surface area contributed by atoms with Gasteiger partial charge in [0.15, 0.2) is 0 Å². The Balaban J connectivity index is 2.06. The summed E-state index contributed by atoms with van der Waals surface area (Å²) in [6, 6.07) is 5.60. The molecule has 9 heteroatoms. The van der Waals surface area contributed by atoms with Gasteiger partial charge in [0.05, 0.1) is 5.56 Å². The van der Waals surface area contributed by atoms with Gasteiger partial charge in [-0.05, 0) is 23.8 Å². The molecule has 0 fully saturated rings. The average molecular weight is 336 g/mol. The predicted molar refractivity (Wildman–Crippen MR) is 74.2 cm³/mol. The Morgan fingerprint density at radius 2 is 1.81 bits per heavy atom. The molecule has 2 rings (SSSR count). The molecule has 114 valence electrons. The van der Waals surface area contributed by atoms with Gasteiger partial charge in [0.25, 0.3) is 0 Å². The molecular formula is C12H11F3N2O2S2. The van der Waals surface area contributed by atoms with Crippen LogP contribution in [0, 0.1) is 0 Å². The molecule has 0 aliphatic heterocycles. The monoisotopic (exact) mass is 336 g/mol. The Hall–Kier alpha value is -1.58. The molecule has 0 spiro atoms. The molecule has 1 aromatic carbocycles. The first-order valence-electron chi connectivity index (χ1n) is 5.68. The molecule has 0 radical (unpaired) electrons. The van der Waals surface area contributed by atoms with Crippen molar-refractivity contribution in [3.05, 3.63) is 46.8 Å². The van der Waals surface area contributed by atoms with E-state index in [2.05, 4.69) is 4.72 Å². The zero-order chi connectivity index (χ0) is 15.7. The van der Waals surface area contributed by atoms with Crippen molar-refractivity contribution < 1.29 is 21.6 Å². The molecule has 2 aromatic rings. The number of hydrogen-bond acceptors (Lipinski definition) is 4. The van der Waals surface area contributed by atoms with Crippen LogP contribution in [0.3, 0.4) is 0 Å². The van der Waals surface area contributed by atoms with Gasteiger partial charge in [0.1, 0.15) is 4.21 Å². The van der Waals surface area contributed by atoms with Crippen molar-refractivity contribution in [3.8, 4) is 0 Å². The van der Waals surface area contributed by atoms with Crippen LogP contribution in [-0.4, -0.2) is 8.42 Å². The predicted octanol–water partition coefficient (Wildman–Crippen LogP) is 2.83. The summed E-state index contributed by atoms with van der Waals surface area (Å²) in [6.45, 7) is -0.0989. The summed E-state index contributed by atoms with van der Waals surface area (Å²) in [4.78, 5) is 0. The molecule has 0 unspecified atom stereocenters. The van der Waals surface area contributed by atoms with Crippen LogP contribution in [0.4, 0.5) is 18.9 Å². The number of hydrogen-bond donors (Lipinski definition) is 2. The number of halogens is 3. The number of nitrogens with one attached hydrogen (secondary N) is 1. The summed E-state index contributed by atoms with van der Waals surface area (Å²) < 4.78 is 63.4. The third kappa shape index (κ3) is 3.96. The number of nitrogens with two attached hydrogens (primary N) is 1. The Kier molecular flexibility index (Phi) is 4.26. The summed E-state index contributed by atoms with van der Waals surface area (Å²) in [5.41, 5.74) is 5.44. The van der Waals surface area contributed by atoms with Gasteiger partial charge in [0.2, 0.25) is 10.0 Å². The van der Waals surface area contributed by atoms with Gasteiger partial charge >= 0.3 is 6.18 Å². The lowest BCUT2D eigenvalue weighted by Crippen LogP contribution is -2.22. The number of thiophene rings is 1. The highest BCUT2D eigenvalue weighted by molar-refractivity contribution is 7.91. The lowest BCUT2D eigenvalue weighted by molar-refractivity contribution is -0.137. The highest BCUT2D eigenvalue weighted by atomic mass is 32.2. The SMILES string of the molecule is Nc1csc(S(=O)(=O)NCc2ccc(C(F)(F)F)cc2)c1. The van der Waals surface area contributed by atoms with E-state index in [1.54, 1.807) is 0 Å². The van der Waals surface area contributed by atoms with E-state index in [4.69, 9.17) is 5.73 Å². The third-order valence-electron chi connectivity index (χ3n) is 2.61. The van der Waals surface area contributed by atoms with Gasteiger partial charge in [0, 0.05) is 17.6 Å². The number of rotatable bonds is 4. The second-order valence-corrected chi connectivity index (χ2v) is 7.12. The van der Waals surface area contributed by atoms with Crippen LogP contribution in [0.2, 0.25) is 0 Å². The molecule has 1 heterocycles. The molecule has 0 atom stereocenters. The van der Waals surface area contributed by atoms with Crippen molar-refractivity contribution in [1.29, 1.82) is 0 Å². The van der Waals surface area contributed by atoms with Crippen molar-refractivity contribution in [2.75, 3.05) is 5.73 Å². The van der Waals surface area contributed by atoms with Crippen molar-refractivity contribution in [2.24, 2.45) is 0 Å². The van der Waals surface area contributed by atoms with E-state index in [0.717, 1.165) is 23.5 Å². The Morgan fingerprint density at radius 3 is 2.29 bits per heavy atom. The molecule has 0 bridgehead atoms. The fourth-order valence-electron chi connectivity index (χ4n) is 1.53. The summed E-state index contributed by atoms with van der Waals surface area (Å²) in [5.74, 6) is 0. The van der Waals surface area contributed by atoms with Crippen molar-refractivity contribution in [1.82, 2.24) is 4.72 Å². The molecule has 0 aliphatic rings. The van der Waals surface area contributed by atoms with Crippen molar-refractivity contribution >= 4 is 27.0 Å². The van der Waals surface area contributed by atoms with Crippen molar-refractivity contribution in [3.63, 3.8) is 0 Å². The summed E-state index contributed by atoms with van der Waals surface area (Å²) in [5, 5.41) is 1.49. The number of benzene rings is 1. The lowest BCUT2D eigenvalue weighted by Gasteiger charge is -2.08. The third-order valence-corrected chi connectivity index (χ3v) is 5.47. The van der Waals surface area contributed by atoms with Gasteiger partial charge in [-0.3, -0.25) is 0 Å². The van der Waals surface area contributed by atoms with E-state index in [9.17, 15) is 21.6 Å². The van der Waals surface area contributed by atoms with Crippen LogP contribution in [0.15, 0.2) is 39.9 Å². The van der Waals surface area contributed by atoms with Crippen LogP contribution >= 0.6 is 11.3 Å². The van der Waals surface area contributed by atoms with Gasteiger partial charge in [-0.1, -0.05) is 12.1 Å². The van der Waals surface area contributed by atoms with E-state index >= 15 is 0 Å². The largest absolute Gasteiger partial charge is 0.416 e. The number of alkyl halides is 3. The zero-order valence-corrected chi connectivity index (χ0v) is 12.1. The second-order valence-electron chi connectivity index (χ2n) is 4.22. The van der Waals surface area contributed by atoms with E-state index in [-0.39, 0.29) is 10.8 Å². The molecule has 0 amide bonds. The maximum atomic E-state index is 12.4. The number of anilines is 1. The maximum Gasteiger partial charge on any atom is 0.416 e. The first kappa shape index (κ1) is 15.8. The molecular weight excluding hydrogens is 325 g/mol. The van der Waals surface area contributed by atoms with Crippen LogP contribution in [0.25, 0.3) is 0 Å². The minimum atomic E-state index is -4.41. The van der Waals surface area contributed by atoms with Crippen LogP contribution in [0.1, 0.15) is 11.1 Å². The number of nitrogen functional groups attached to an aromatic ring is 1. The van der Waals surface area contributed by atoms with Gasteiger partial charge in [-0.2, -0.15) is 13.2 Å². The van der Waals surface area contributed by atoms with E-state index in [1.807, 2.05) is 0 Å². The Morgan fingerprint density at radius 1 is 1.19 bits per heavy atom. The first-order chi connectivity index (χ1) is 9.68. The Labute approximate surface area is 123 Å². The fraction of sp³-hybridized carbons (Fsp3) is 0.167. The standard InChI is InChI=1S/C12H11F3N2O2S2/c13-12(14,15)9-3-1-8(2-4-9)6-17-21(18,19)11-5-10(16)7-20-11/h1-5,7,17H,6,16H2. The molecule has 1 aromatic heterocycles. The molecule has 4 nitrogen and oxygen atoms in total. The first-order valence-corrected chi connectivity index (χ1v) is 8.04. The summed E-state index contributed by atoms with van der Waals surface area (Å²) >= 11 is 0.973. The minimum absolute atomic E-state index is 0.0620. The topological polar surface area (TPSA) is 72.2 Å². The lowest BCUT2D eigenvalue weighted by atomic mass is 10.1. The molecule has 3 N–H and O–H groups in total. The summed E-state index contributed by atoms with van der Waals surface area (Å²) in [7, 11) is -3.71. The second kappa shape index (κ2) is 5.66. The van der Waals surface area contributed by atoms with E-state index in [0.29, 0.717) is 11.3 Å². The maximum absolute atomic E-state index is 12.4. The summed E-state index contributed by atoms with van der Waals surface area (Å²) in [6.07, 6.45) is -4.41. The van der Waals surface area contributed by atoms with Gasteiger partial charge in [-0.25, -0.2) is 13.1 Å². The van der Waals surface area contributed by atoms with Crippen LogP contribution in [0.5, 0.6) is 0 Å². The highest BCUT2D eigenvalue weighted by Crippen LogP contribution is 2.29. The highest BCUT2D eigenvalue weighted by Gasteiger charge is 2.29. The zero-order valence-electron chi connectivity index (χ0n) is 10.5. The quantitative estimate of drug-likeness (QED) is 0.902. The number of sulfonamides is 1. The Bertz CT molecular complexity index is 722. The van der Waals surface area contributed by atoms with Crippen LogP contribution < -0.4 is 10.5 Å².